The lowest BCUT2D eigenvalue weighted by Gasteiger charge is -2.39. The van der Waals surface area contributed by atoms with Gasteiger partial charge in [-0.05, 0) is 44.4 Å². The fourth-order valence-electron chi connectivity index (χ4n) is 3.89. The van der Waals surface area contributed by atoms with Crippen molar-refractivity contribution in [2.45, 2.75) is 50.6 Å². The molecule has 2 saturated heterocycles. The lowest BCUT2D eigenvalue weighted by atomic mass is 9.77. The Morgan fingerprint density at radius 1 is 1.19 bits per heavy atom. The van der Waals surface area contributed by atoms with Crippen LogP contribution in [0.3, 0.4) is 0 Å². The van der Waals surface area contributed by atoms with Crippen LogP contribution in [0.2, 0.25) is 0 Å². The minimum atomic E-state index is -1.55. The summed E-state index contributed by atoms with van der Waals surface area (Å²) in [7, 11) is 0. The molecule has 0 unspecified atom stereocenters. The lowest BCUT2D eigenvalue weighted by molar-refractivity contribution is -0.140. The molecule has 1 spiro atoms. The second-order valence-electron chi connectivity index (χ2n) is 7.65. The van der Waals surface area contributed by atoms with Crippen LogP contribution in [0, 0.1) is 11.3 Å². The largest absolute Gasteiger partial charge is 0.342 e. The molecule has 4 rings (SSSR count). The normalized spacial score (nSPS) is 30.0. The van der Waals surface area contributed by atoms with Gasteiger partial charge >= 0.3 is 0 Å². The molecule has 0 atom stereocenters. The number of likely N-dealkylation sites (tertiary alicyclic amines) is 2. The molecule has 2 aliphatic heterocycles. The first-order chi connectivity index (χ1) is 10.00. The Morgan fingerprint density at radius 3 is 2.43 bits per heavy atom. The number of hydrogen-bond donors (Lipinski definition) is 0. The molecule has 0 aromatic carbocycles. The summed E-state index contributed by atoms with van der Waals surface area (Å²) >= 11 is 0. The summed E-state index contributed by atoms with van der Waals surface area (Å²) in [5.41, 5.74) is -1.50. The summed E-state index contributed by atoms with van der Waals surface area (Å²) < 4.78 is 13.9. The van der Waals surface area contributed by atoms with Gasteiger partial charge in [0, 0.05) is 38.0 Å². The van der Waals surface area contributed by atoms with Gasteiger partial charge in [0.25, 0.3) is 5.91 Å². The van der Waals surface area contributed by atoms with Gasteiger partial charge in [0.05, 0.1) is 0 Å². The highest BCUT2D eigenvalue weighted by molar-refractivity contribution is 5.88. The van der Waals surface area contributed by atoms with E-state index in [4.69, 9.17) is 0 Å². The average Bonchev–Trinajstić information content (AvgIpc) is 3.36. The van der Waals surface area contributed by atoms with Gasteiger partial charge in [0.1, 0.15) is 0 Å². The van der Waals surface area contributed by atoms with Crippen LogP contribution in [0.25, 0.3) is 0 Å². The van der Waals surface area contributed by atoms with Gasteiger partial charge in [-0.3, -0.25) is 9.59 Å². The summed E-state index contributed by atoms with van der Waals surface area (Å²) in [6.45, 7) is 3.02. The predicted molar refractivity (Wildman–Crippen MR) is 75.2 cm³/mol. The fraction of sp³-hybridized carbons (Fsp3) is 0.875. The third-order valence-corrected chi connectivity index (χ3v) is 5.76. The summed E-state index contributed by atoms with van der Waals surface area (Å²) in [5.74, 6) is 0.703. The van der Waals surface area contributed by atoms with Crippen LogP contribution in [-0.2, 0) is 9.59 Å². The Kier molecular flexibility index (Phi) is 2.86. The zero-order valence-corrected chi connectivity index (χ0v) is 12.4. The van der Waals surface area contributed by atoms with Crippen molar-refractivity contribution in [1.82, 2.24) is 9.80 Å². The minimum Gasteiger partial charge on any atom is -0.342 e. The summed E-state index contributed by atoms with van der Waals surface area (Å²) in [6, 6.07) is 0. The maximum Gasteiger partial charge on any atom is 0.260 e. The number of carbonyl (C=O) groups excluding carboxylic acids is 2. The van der Waals surface area contributed by atoms with Crippen LogP contribution in [0.4, 0.5) is 4.39 Å². The average molecular weight is 294 g/mol. The highest BCUT2D eigenvalue weighted by Gasteiger charge is 2.54. The Balaban J connectivity index is 1.36. The van der Waals surface area contributed by atoms with Crippen LogP contribution in [0.1, 0.15) is 44.9 Å². The molecular formula is C16H23FN2O2. The van der Waals surface area contributed by atoms with E-state index >= 15 is 0 Å². The topological polar surface area (TPSA) is 40.6 Å². The number of hydrogen-bond acceptors (Lipinski definition) is 2. The van der Waals surface area contributed by atoms with E-state index in [0.717, 1.165) is 31.8 Å². The molecule has 21 heavy (non-hydrogen) atoms. The summed E-state index contributed by atoms with van der Waals surface area (Å²) in [6.07, 6.45) is 5.63. The van der Waals surface area contributed by atoms with Gasteiger partial charge in [-0.25, -0.2) is 4.39 Å². The maximum absolute atomic E-state index is 13.9. The molecule has 4 fully saturated rings. The summed E-state index contributed by atoms with van der Waals surface area (Å²) in [5, 5.41) is 0. The molecule has 2 heterocycles. The number of rotatable bonds is 3. The van der Waals surface area contributed by atoms with Crippen LogP contribution >= 0.6 is 0 Å². The Labute approximate surface area is 124 Å². The van der Waals surface area contributed by atoms with Crippen molar-refractivity contribution in [2.75, 3.05) is 26.2 Å². The molecule has 4 aliphatic rings. The first-order valence-electron chi connectivity index (χ1n) is 8.26. The van der Waals surface area contributed by atoms with E-state index in [-0.39, 0.29) is 17.2 Å². The van der Waals surface area contributed by atoms with Crippen molar-refractivity contribution in [3.63, 3.8) is 0 Å². The van der Waals surface area contributed by atoms with Gasteiger partial charge < -0.3 is 9.80 Å². The van der Waals surface area contributed by atoms with Crippen molar-refractivity contribution in [2.24, 2.45) is 11.3 Å². The lowest BCUT2D eigenvalue weighted by Crippen LogP contribution is -2.47. The van der Waals surface area contributed by atoms with Gasteiger partial charge in [-0.2, -0.15) is 0 Å². The number of piperidine rings is 1. The maximum atomic E-state index is 13.9. The number of halogens is 1. The number of alkyl halides is 1. The van der Waals surface area contributed by atoms with Gasteiger partial charge in [-0.15, -0.1) is 0 Å². The zero-order chi connectivity index (χ0) is 14.7. The molecule has 5 heteroatoms. The molecule has 2 saturated carbocycles. The van der Waals surface area contributed by atoms with Crippen LogP contribution < -0.4 is 0 Å². The van der Waals surface area contributed by atoms with E-state index in [1.54, 1.807) is 4.90 Å². The van der Waals surface area contributed by atoms with Gasteiger partial charge in [0.2, 0.25) is 5.91 Å². The summed E-state index contributed by atoms with van der Waals surface area (Å²) in [4.78, 5) is 27.9. The number of nitrogens with zero attached hydrogens (tertiary/aromatic N) is 2. The third-order valence-electron chi connectivity index (χ3n) is 5.76. The van der Waals surface area contributed by atoms with Crippen LogP contribution in [0.15, 0.2) is 0 Å². The number of carbonyl (C=O) groups is 2. The highest BCUT2D eigenvalue weighted by Crippen LogP contribution is 2.45. The molecule has 116 valence electrons. The molecule has 2 amide bonds. The molecule has 0 aromatic rings. The zero-order valence-electron chi connectivity index (χ0n) is 12.4. The van der Waals surface area contributed by atoms with E-state index in [1.165, 1.54) is 12.8 Å². The quantitative estimate of drug-likeness (QED) is 0.795. The van der Waals surface area contributed by atoms with Gasteiger partial charge in [-0.1, -0.05) is 0 Å². The minimum absolute atomic E-state index is 0.0514. The first-order valence-corrected chi connectivity index (χ1v) is 8.26. The second kappa shape index (κ2) is 4.43. The van der Waals surface area contributed by atoms with E-state index in [0.29, 0.717) is 32.4 Å². The van der Waals surface area contributed by atoms with Gasteiger partial charge in [0.15, 0.2) is 5.67 Å². The van der Waals surface area contributed by atoms with E-state index in [1.807, 2.05) is 4.90 Å². The first kappa shape index (κ1) is 13.5. The molecule has 4 nitrogen and oxygen atoms in total. The standard InChI is InChI=1S/C16H23FN2O2/c17-16(3-4-16)14(21)18-7-5-15(6-8-18)9-13(20)19(11-15)10-12-1-2-12/h12H,1-11H2. The van der Waals surface area contributed by atoms with Crippen molar-refractivity contribution in [1.29, 1.82) is 0 Å². The predicted octanol–water partition coefficient (Wildman–Crippen LogP) is 1.74. The monoisotopic (exact) mass is 294 g/mol. The third kappa shape index (κ3) is 2.44. The number of amides is 2. The van der Waals surface area contributed by atoms with E-state index in [9.17, 15) is 14.0 Å². The SMILES string of the molecule is O=C1CC2(CCN(C(=O)C3(F)CC3)CC2)CN1CC1CC1. The van der Waals surface area contributed by atoms with Crippen molar-refractivity contribution >= 4 is 11.8 Å². The highest BCUT2D eigenvalue weighted by atomic mass is 19.1. The molecule has 0 radical (unpaired) electrons. The molecule has 2 aliphatic carbocycles. The van der Waals surface area contributed by atoms with Crippen molar-refractivity contribution < 1.29 is 14.0 Å². The fourth-order valence-corrected chi connectivity index (χ4v) is 3.89. The smallest absolute Gasteiger partial charge is 0.260 e. The second-order valence-corrected chi connectivity index (χ2v) is 7.65. The molecule has 0 N–H and O–H groups in total. The van der Waals surface area contributed by atoms with Crippen LogP contribution in [0.5, 0.6) is 0 Å². The van der Waals surface area contributed by atoms with Crippen molar-refractivity contribution in [3.05, 3.63) is 0 Å². The van der Waals surface area contributed by atoms with Crippen molar-refractivity contribution in [3.8, 4) is 0 Å². The van der Waals surface area contributed by atoms with E-state index in [2.05, 4.69) is 0 Å². The molecule has 0 bridgehead atoms. The molecule has 0 aromatic heterocycles. The Bertz CT molecular complexity index is 477. The van der Waals surface area contributed by atoms with E-state index < -0.39 is 5.67 Å². The Hall–Kier alpha value is -1.13. The van der Waals surface area contributed by atoms with Crippen LogP contribution in [-0.4, -0.2) is 53.5 Å². The molecular weight excluding hydrogens is 271 g/mol. The Morgan fingerprint density at radius 2 is 1.86 bits per heavy atom.